The number of likely N-dealkylation sites (tertiary alicyclic amines) is 1. The molecule has 5 rings (SSSR count). The first-order valence-electron chi connectivity index (χ1n) is 10.2. The van der Waals surface area contributed by atoms with E-state index in [2.05, 4.69) is 4.90 Å². The Kier molecular flexibility index (Phi) is 4.28. The summed E-state index contributed by atoms with van der Waals surface area (Å²) in [4.78, 5) is 15.3. The second kappa shape index (κ2) is 6.56. The summed E-state index contributed by atoms with van der Waals surface area (Å²) in [5.41, 5.74) is -0.0631. The summed E-state index contributed by atoms with van der Waals surface area (Å²) < 4.78 is 36.8. The lowest BCUT2D eigenvalue weighted by atomic mass is 9.53. The summed E-state index contributed by atoms with van der Waals surface area (Å²) in [5.74, 6) is 0.566. The van der Waals surface area contributed by atoms with E-state index in [9.17, 15) is 13.2 Å². The minimum atomic E-state index is -3.93. The number of ether oxygens (including phenoxy) is 2. The van der Waals surface area contributed by atoms with Crippen LogP contribution < -0.4 is 4.74 Å². The molecule has 3 aliphatic rings. The van der Waals surface area contributed by atoms with Crippen molar-refractivity contribution < 1.29 is 22.7 Å². The quantitative estimate of drug-likeness (QED) is 0.681. The van der Waals surface area contributed by atoms with Crippen molar-refractivity contribution in [3.63, 3.8) is 0 Å². The first kappa shape index (κ1) is 19.6. The first-order chi connectivity index (χ1) is 14.3. The lowest BCUT2D eigenvalue weighted by Crippen LogP contribution is -2.73. The van der Waals surface area contributed by atoms with Crippen LogP contribution >= 0.6 is 0 Å². The molecule has 4 atom stereocenters. The molecule has 1 saturated heterocycles. The number of nitrogens with zero attached hydrogens (tertiary/aromatic N) is 1. The molecule has 2 aromatic carbocycles. The van der Waals surface area contributed by atoms with Crippen LogP contribution in [0.25, 0.3) is 0 Å². The summed E-state index contributed by atoms with van der Waals surface area (Å²) >= 11 is 0. The SMILES string of the molecule is COC(=O)C1(S(=O)(=O)c2ccc(Oc3ccccc3)cc2)CC2N(C)C3CCC32C1. The van der Waals surface area contributed by atoms with Crippen molar-refractivity contribution in [2.24, 2.45) is 5.41 Å². The van der Waals surface area contributed by atoms with Crippen molar-refractivity contribution >= 4 is 15.8 Å². The predicted octanol–water partition coefficient (Wildman–Crippen LogP) is 3.42. The number of piperidine rings is 1. The fourth-order valence-corrected chi connectivity index (χ4v) is 8.05. The molecule has 0 N–H and O–H groups in total. The largest absolute Gasteiger partial charge is 0.468 e. The number of methoxy groups -OCH3 is 1. The molecule has 3 fully saturated rings. The van der Waals surface area contributed by atoms with E-state index in [1.165, 1.54) is 19.2 Å². The maximum absolute atomic E-state index is 13.8. The average molecular weight is 428 g/mol. The standard InChI is InChI=1S/C23H25NO5S/c1-24-19-12-13-22(19)15-23(14-20(22)24,21(25)28-2)30(26,27)18-10-8-17(9-11-18)29-16-6-4-3-5-7-16/h3-11,19-20H,12-15H2,1-2H3. The maximum Gasteiger partial charge on any atom is 0.327 e. The molecule has 1 heterocycles. The highest BCUT2D eigenvalue weighted by Crippen LogP contribution is 2.68. The van der Waals surface area contributed by atoms with E-state index in [0.717, 1.165) is 12.8 Å². The fraction of sp³-hybridized carbons (Fsp3) is 0.435. The Balaban J connectivity index is 1.47. The Morgan fingerprint density at radius 3 is 2.27 bits per heavy atom. The predicted molar refractivity (Wildman–Crippen MR) is 111 cm³/mol. The van der Waals surface area contributed by atoms with Gasteiger partial charge < -0.3 is 9.47 Å². The topological polar surface area (TPSA) is 72.9 Å². The van der Waals surface area contributed by atoms with Crippen molar-refractivity contribution in [2.45, 2.75) is 47.4 Å². The number of hydrogen-bond acceptors (Lipinski definition) is 6. The highest BCUT2D eigenvalue weighted by molar-refractivity contribution is 7.93. The number of rotatable bonds is 5. The molecule has 158 valence electrons. The van der Waals surface area contributed by atoms with Gasteiger partial charge in [0.25, 0.3) is 0 Å². The van der Waals surface area contributed by atoms with Gasteiger partial charge in [-0.15, -0.1) is 0 Å². The zero-order valence-corrected chi connectivity index (χ0v) is 17.9. The van der Waals surface area contributed by atoms with E-state index in [0.29, 0.717) is 24.0 Å². The monoisotopic (exact) mass is 427 g/mol. The van der Waals surface area contributed by atoms with Crippen molar-refractivity contribution in [3.05, 3.63) is 54.6 Å². The maximum atomic E-state index is 13.8. The van der Waals surface area contributed by atoms with Crippen LogP contribution in [0.1, 0.15) is 25.7 Å². The Hall–Kier alpha value is -2.38. The molecule has 30 heavy (non-hydrogen) atoms. The van der Waals surface area contributed by atoms with Crippen molar-refractivity contribution in [3.8, 4) is 11.5 Å². The van der Waals surface area contributed by atoms with E-state index in [4.69, 9.17) is 9.47 Å². The van der Waals surface area contributed by atoms with Crippen LogP contribution in [0.4, 0.5) is 0 Å². The van der Waals surface area contributed by atoms with E-state index in [1.807, 2.05) is 37.4 Å². The van der Waals surface area contributed by atoms with E-state index < -0.39 is 20.6 Å². The van der Waals surface area contributed by atoms with Crippen LogP contribution in [0.5, 0.6) is 11.5 Å². The Labute approximate surface area is 176 Å². The van der Waals surface area contributed by atoms with Crippen LogP contribution in [-0.4, -0.2) is 50.3 Å². The highest BCUT2D eigenvalue weighted by Gasteiger charge is 2.76. The second-order valence-electron chi connectivity index (χ2n) is 8.73. The Bertz CT molecular complexity index is 1080. The van der Waals surface area contributed by atoms with Gasteiger partial charge in [-0.1, -0.05) is 18.2 Å². The number of carbonyl (C=O) groups excluding carboxylic acids is 1. The van der Waals surface area contributed by atoms with E-state index in [-0.39, 0.29) is 22.8 Å². The van der Waals surface area contributed by atoms with Gasteiger partial charge in [-0.25, -0.2) is 8.42 Å². The third kappa shape index (κ3) is 2.45. The van der Waals surface area contributed by atoms with Crippen molar-refractivity contribution in [1.82, 2.24) is 4.90 Å². The second-order valence-corrected chi connectivity index (χ2v) is 11.0. The Morgan fingerprint density at radius 2 is 1.70 bits per heavy atom. The average Bonchev–Trinajstić information content (AvgIpc) is 3.12. The lowest BCUT2D eigenvalue weighted by molar-refractivity contribution is -0.174. The van der Waals surface area contributed by atoms with Gasteiger partial charge in [0.05, 0.1) is 12.0 Å². The first-order valence-corrected chi connectivity index (χ1v) is 11.7. The van der Waals surface area contributed by atoms with Crippen LogP contribution in [0.3, 0.4) is 0 Å². The molecule has 7 heteroatoms. The van der Waals surface area contributed by atoms with Gasteiger partial charge in [-0.2, -0.15) is 0 Å². The molecule has 1 aliphatic heterocycles. The number of para-hydroxylation sites is 1. The molecule has 2 aliphatic carbocycles. The van der Waals surface area contributed by atoms with Crippen molar-refractivity contribution in [1.29, 1.82) is 0 Å². The van der Waals surface area contributed by atoms with Gasteiger partial charge >= 0.3 is 5.97 Å². The molecule has 2 saturated carbocycles. The van der Waals surface area contributed by atoms with Crippen LogP contribution in [-0.2, 0) is 19.4 Å². The van der Waals surface area contributed by atoms with Crippen LogP contribution in [0.2, 0.25) is 0 Å². The third-order valence-electron chi connectivity index (χ3n) is 7.52. The number of esters is 1. The molecule has 0 aromatic heterocycles. The summed E-state index contributed by atoms with van der Waals surface area (Å²) in [6, 6.07) is 16.1. The number of carbonyl (C=O) groups is 1. The fourth-order valence-electron chi connectivity index (χ4n) is 5.96. The Morgan fingerprint density at radius 1 is 1.03 bits per heavy atom. The van der Waals surface area contributed by atoms with Gasteiger partial charge in [-0.3, -0.25) is 9.69 Å². The van der Waals surface area contributed by atoms with E-state index in [1.54, 1.807) is 12.1 Å². The lowest BCUT2D eigenvalue weighted by Gasteiger charge is -2.67. The minimum absolute atomic E-state index is 0.0631. The van der Waals surface area contributed by atoms with Gasteiger partial charge in [0.1, 0.15) is 11.5 Å². The molecule has 6 nitrogen and oxygen atoms in total. The molecule has 0 radical (unpaired) electrons. The summed E-state index contributed by atoms with van der Waals surface area (Å²) in [7, 11) is -0.631. The van der Waals surface area contributed by atoms with Crippen molar-refractivity contribution in [2.75, 3.05) is 14.2 Å². The summed E-state index contributed by atoms with van der Waals surface area (Å²) in [6.07, 6.45) is 2.68. The van der Waals surface area contributed by atoms with E-state index >= 15 is 0 Å². The molecular formula is C23H25NO5S. The summed E-state index contributed by atoms with van der Waals surface area (Å²) in [6.45, 7) is 0. The molecular weight excluding hydrogens is 402 g/mol. The number of hydrogen-bond donors (Lipinski definition) is 0. The normalized spacial score (nSPS) is 32.3. The van der Waals surface area contributed by atoms with Gasteiger partial charge in [0, 0.05) is 17.5 Å². The number of benzene rings is 2. The summed E-state index contributed by atoms with van der Waals surface area (Å²) in [5, 5.41) is 0. The molecule has 2 aromatic rings. The molecule has 1 spiro atoms. The highest BCUT2D eigenvalue weighted by atomic mass is 32.2. The zero-order chi connectivity index (χ0) is 21.1. The van der Waals surface area contributed by atoms with Gasteiger partial charge in [0.2, 0.25) is 0 Å². The number of sulfone groups is 1. The minimum Gasteiger partial charge on any atom is -0.468 e. The van der Waals surface area contributed by atoms with Crippen LogP contribution in [0, 0.1) is 5.41 Å². The molecule has 0 amide bonds. The van der Waals surface area contributed by atoms with Gasteiger partial charge in [0.15, 0.2) is 14.6 Å². The smallest absolute Gasteiger partial charge is 0.327 e. The third-order valence-corrected chi connectivity index (χ3v) is 9.92. The van der Waals surface area contributed by atoms with Gasteiger partial charge in [-0.05, 0) is 69.1 Å². The molecule has 4 unspecified atom stereocenters. The van der Waals surface area contributed by atoms with Crippen LogP contribution in [0.15, 0.2) is 59.5 Å². The zero-order valence-electron chi connectivity index (χ0n) is 17.1. The molecule has 0 bridgehead atoms.